The van der Waals surface area contributed by atoms with Crippen molar-refractivity contribution in [3.63, 3.8) is 0 Å². The van der Waals surface area contributed by atoms with E-state index in [0.717, 1.165) is 0 Å². The molecule has 0 unspecified atom stereocenters. The molecule has 0 spiro atoms. The number of aromatic nitrogens is 2. The third-order valence-corrected chi connectivity index (χ3v) is 4.29. The molecule has 1 aliphatic carbocycles. The summed E-state index contributed by atoms with van der Waals surface area (Å²) in [5.74, 6) is -3.36. The Kier molecular flexibility index (Phi) is 4.43. The lowest BCUT2D eigenvalue weighted by atomic mass is 9.97. The zero-order valence-electron chi connectivity index (χ0n) is 13.3. The summed E-state index contributed by atoms with van der Waals surface area (Å²) < 4.78 is 41.6. The maximum atomic E-state index is 12.5. The third-order valence-electron chi connectivity index (χ3n) is 4.29. The van der Waals surface area contributed by atoms with Gasteiger partial charge in [0.2, 0.25) is 5.82 Å². The van der Waals surface area contributed by atoms with E-state index in [4.69, 9.17) is 0 Å². The summed E-state index contributed by atoms with van der Waals surface area (Å²) in [5, 5.41) is 15.2. The Balaban J connectivity index is 1.76. The van der Waals surface area contributed by atoms with Crippen LogP contribution in [0.25, 0.3) is 11.4 Å². The Morgan fingerprint density at radius 3 is 2.27 bits per heavy atom. The topological polar surface area (TPSA) is 105 Å². The predicted molar refractivity (Wildman–Crippen MR) is 81.0 cm³/mol. The van der Waals surface area contributed by atoms with Gasteiger partial charge in [-0.05, 0) is 25.0 Å². The van der Waals surface area contributed by atoms with Crippen molar-refractivity contribution in [3.8, 4) is 11.4 Å². The highest BCUT2D eigenvalue weighted by Crippen LogP contribution is 2.31. The van der Waals surface area contributed by atoms with Crippen LogP contribution in [0, 0.1) is 0 Å². The van der Waals surface area contributed by atoms with Crippen molar-refractivity contribution in [2.24, 2.45) is 0 Å². The van der Waals surface area contributed by atoms with Gasteiger partial charge in [-0.2, -0.15) is 18.2 Å². The number of rotatable bonds is 4. The van der Waals surface area contributed by atoms with Crippen molar-refractivity contribution in [3.05, 3.63) is 35.7 Å². The van der Waals surface area contributed by atoms with Crippen LogP contribution in [0.5, 0.6) is 0 Å². The van der Waals surface area contributed by atoms with E-state index in [1.165, 1.54) is 24.3 Å². The van der Waals surface area contributed by atoms with Gasteiger partial charge in [0.05, 0.1) is 0 Å². The minimum atomic E-state index is -4.74. The zero-order valence-corrected chi connectivity index (χ0v) is 13.3. The molecule has 3 rings (SSSR count). The number of nitrogens with zero attached hydrogens (tertiary/aromatic N) is 2. The van der Waals surface area contributed by atoms with Crippen LogP contribution in [0.2, 0.25) is 0 Å². The zero-order chi connectivity index (χ0) is 18.9. The highest BCUT2D eigenvalue weighted by molar-refractivity contribution is 5.98. The molecule has 7 nitrogen and oxygen atoms in total. The van der Waals surface area contributed by atoms with Crippen LogP contribution < -0.4 is 5.32 Å². The number of carbonyl (C=O) groups is 2. The molecular weight excluding hydrogens is 355 g/mol. The van der Waals surface area contributed by atoms with Crippen molar-refractivity contribution < 1.29 is 32.4 Å². The fourth-order valence-electron chi connectivity index (χ4n) is 2.89. The number of benzene rings is 1. The van der Waals surface area contributed by atoms with E-state index in [1.807, 2.05) is 0 Å². The molecule has 1 saturated carbocycles. The van der Waals surface area contributed by atoms with Gasteiger partial charge in [-0.25, -0.2) is 4.79 Å². The Hall–Kier alpha value is -2.91. The summed E-state index contributed by atoms with van der Waals surface area (Å²) in [6.45, 7) is 0. The SMILES string of the molecule is O=C(NC1(C(=O)O)CCCC1)c1ccc(-c2noc(C(F)(F)F)n2)cc1. The Morgan fingerprint density at radius 1 is 1.15 bits per heavy atom. The molecule has 1 aliphatic rings. The van der Waals surface area contributed by atoms with E-state index < -0.39 is 29.5 Å². The minimum absolute atomic E-state index is 0.181. The van der Waals surface area contributed by atoms with Crippen LogP contribution in [0.15, 0.2) is 28.8 Å². The fourth-order valence-corrected chi connectivity index (χ4v) is 2.89. The molecule has 0 saturated heterocycles. The number of hydrogen-bond donors (Lipinski definition) is 2. The Labute approximate surface area is 145 Å². The van der Waals surface area contributed by atoms with Gasteiger partial charge in [0.15, 0.2) is 0 Å². The molecule has 0 bridgehead atoms. The molecule has 2 N–H and O–H groups in total. The van der Waals surface area contributed by atoms with Gasteiger partial charge in [0.1, 0.15) is 5.54 Å². The molecule has 26 heavy (non-hydrogen) atoms. The summed E-state index contributed by atoms with van der Waals surface area (Å²) in [4.78, 5) is 27.1. The van der Waals surface area contributed by atoms with Crippen LogP contribution in [0.1, 0.15) is 41.9 Å². The molecule has 1 aromatic carbocycles. The first-order chi connectivity index (χ1) is 12.2. The second-order valence-corrected chi connectivity index (χ2v) is 6.05. The molecule has 138 valence electrons. The summed E-state index contributed by atoms with van der Waals surface area (Å²) >= 11 is 0. The van der Waals surface area contributed by atoms with Gasteiger partial charge in [-0.3, -0.25) is 4.79 Å². The van der Waals surface area contributed by atoms with E-state index >= 15 is 0 Å². The second kappa shape index (κ2) is 6.43. The lowest BCUT2D eigenvalue weighted by molar-refractivity contribution is -0.159. The predicted octanol–water partition coefficient (Wildman–Crippen LogP) is 2.88. The normalized spacial score (nSPS) is 16.4. The molecule has 1 aromatic heterocycles. The average molecular weight is 369 g/mol. The van der Waals surface area contributed by atoms with Crippen LogP contribution in [0.4, 0.5) is 13.2 Å². The van der Waals surface area contributed by atoms with E-state index in [2.05, 4.69) is 20.0 Å². The lowest BCUT2D eigenvalue weighted by Gasteiger charge is -2.25. The number of carboxylic acids is 1. The van der Waals surface area contributed by atoms with Crippen LogP contribution in [-0.4, -0.2) is 32.7 Å². The molecule has 1 heterocycles. The summed E-state index contributed by atoms with van der Waals surface area (Å²) in [5.41, 5.74) is -0.860. The molecule has 1 amide bonds. The van der Waals surface area contributed by atoms with Crippen LogP contribution in [-0.2, 0) is 11.0 Å². The van der Waals surface area contributed by atoms with Gasteiger partial charge in [-0.15, -0.1) is 0 Å². The number of hydrogen-bond acceptors (Lipinski definition) is 5. The molecular formula is C16H14F3N3O4. The standard InChI is InChI=1S/C16H14F3N3O4/c17-16(18,19)13-20-11(22-26-13)9-3-5-10(6-4-9)12(23)21-15(14(24)25)7-1-2-8-15/h3-6H,1-2,7-8H2,(H,21,23)(H,24,25). The lowest BCUT2D eigenvalue weighted by Crippen LogP contribution is -2.52. The van der Waals surface area contributed by atoms with Gasteiger partial charge in [-0.1, -0.05) is 30.1 Å². The van der Waals surface area contributed by atoms with Crippen molar-refractivity contribution in [2.75, 3.05) is 0 Å². The van der Waals surface area contributed by atoms with Crippen molar-refractivity contribution in [2.45, 2.75) is 37.4 Å². The summed E-state index contributed by atoms with van der Waals surface area (Å²) in [7, 11) is 0. The van der Waals surface area contributed by atoms with E-state index in [-0.39, 0.29) is 17.0 Å². The van der Waals surface area contributed by atoms with Gasteiger partial charge in [0.25, 0.3) is 5.91 Å². The van der Waals surface area contributed by atoms with Crippen molar-refractivity contribution >= 4 is 11.9 Å². The van der Waals surface area contributed by atoms with E-state index in [1.54, 1.807) is 0 Å². The largest absolute Gasteiger partial charge is 0.480 e. The maximum absolute atomic E-state index is 12.5. The molecule has 0 atom stereocenters. The van der Waals surface area contributed by atoms with Crippen molar-refractivity contribution in [1.82, 2.24) is 15.5 Å². The Bertz CT molecular complexity index is 824. The first-order valence-electron chi connectivity index (χ1n) is 7.78. The average Bonchev–Trinajstić information content (AvgIpc) is 3.24. The Morgan fingerprint density at radius 2 is 1.77 bits per heavy atom. The first kappa shape index (κ1) is 17.9. The number of carbonyl (C=O) groups excluding carboxylic acids is 1. The summed E-state index contributed by atoms with van der Waals surface area (Å²) in [6.07, 6.45) is -2.60. The molecule has 1 fully saturated rings. The quantitative estimate of drug-likeness (QED) is 0.859. The summed E-state index contributed by atoms with van der Waals surface area (Å²) in [6, 6.07) is 5.45. The minimum Gasteiger partial charge on any atom is -0.480 e. The monoisotopic (exact) mass is 369 g/mol. The number of amides is 1. The fraction of sp³-hybridized carbons (Fsp3) is 0.375. The molecule has 0 radical (unpaired) electrons. The first-order valence-corrected chi connectivity index (χ1v) is 7.78. The molecule has 10 heteroatoms. The van der Waals surface area contributed by atoms with Gasteiger partial charge >= 0.3 is 18.0 Å². The molecule has 0 aliphatic heterocycles. The van der Waals surface area contributed by atoms with Crippen molar-refractivity contribution in [1.29, 1.82) is 0 Å². The van der Waals surface area contributed by atoms with Crippen LogP contribution >= 0.6 is 0 Å². The number of alkyl halides is 3. The highest BCUT2D eigenvalue weighted by atomic mass is 19.4. The second-order valence-electron chi connectivity index (χ2n) is 6.05. The maximum Gasteiger partial charge on any atom is 0.471 e. The number of aliphatic carboxylic acids is 1. The number of halogens is 3. The smallest absolute Gasteiger partial charge is 0.471 e. The van der Waals surface area contributed by atoms with E-state index in [0.29, 0.717) is 25.7 Å². The van der Waals surface area contributed by atoms with Crippen LogP contribution in [0.3, 0.4) is 0 Å². The van der Waals surface area contributed by atoms with Gasteiger partial charge in [0, 0.05) is 11.1 Å². The van der Waals surface area contributed by atoms with E-state index in [9.17, 15) is 27.9 Å². The van der Waals surface area contributed by atoms with Gasteiger partial charge < -0.3 is 14.9 Å². The number of carboxylic acid groups (broad SMARTS) is 1. The molecule has 2 aromatic rings. The highest BCUT2D eigenvalue weighted by Gasteiger charge is 2.42. The third kappa shape index (κ3) is 3.39. The number of nitrogens with one attached hydrogen (secondary N) is 1.